The monoisotopic (exact) mass is 333 g/mol. The first-order valence-electron chi connectivity index (χ1n) is 6.26. The van der Waals surface area contributed by atoms with Crippen LogP contribution in [0.4, 0.5) is 13.2 Å². The predicted octanol–water partition coefficient (Wildman–Crippen LogP) is -0.436. The highest BCUT2D eigenvalue weighted by atomic mass is 32.2. The van der Waals surface area contributed by atoms with Crippen molar-refractivity contribution in [3.8, 4) is 0 Å². The molecule has 0 aromatic rings. The van der Waals surface area contributed by atoms with Crippen molar-refractivity contribution in [1.29, 1.82) is 0 Å². The molecule has 1 aliphatic heterocycles. The number of piperazine rings is 1. The lowest BCUT2D eigenvalue weighted by molar-refractivity contribution is -0.144. The van der Waals surface area contributed by atoms with Crippen molar-refractivity contribution in [3.05, 3.63) is 0 Å². The average Bonchev–Trinajstić information content (AvgIpc) is 2.42. The quantitative estimate of drug-likeness (QED) is 0.667. The molecule has 124 valence electrons. The Kier molecular flexibility index (Phi) is 6.38. The van der Waals surface area contributed by atoms with Crippen molar-refractivity contribution in [2.45, 2.75) is 12.6 Å². The summed E-state index contributed by atoms with van der Waals surface area (Å²) < 4.78 is 67.7. The Morgan fingerprint density at radius 1 is 1.33 bits per heavy atom. The number of nitrogens with one attached hydrogen (secondary N) is 1. The van der Waals surface area contributed by atoms with E-state index in [4.69, 9.17) is 0 Å². The van der Waals surface area contributed by atoms with Gasteiger partial charge in [-0.2, -0.15) is 30.2 Å². The number of ether oxygens (including phenoxy) is 1. The van der Waals surface area contributed by atoms with Crippen molar-refractivity contribution >= 4 is 16.2 Å². The summed E-state index contributed by atoms with van der Waals surface area (Å²) in [5, 5.41) is 2.91. The van der Waals surface area contributed by atoms with Crippen molar-refractivity contribution in [2.24, 2.45) is 0 Å². The number of rotatable bonds is 6. The summed E-state index contributed by atoms with van der Waals surface area (Å²) in [7, 11) is -3.18. The van der Waals surface area contributed by atoms with Gasteiger partial charge in [0.25, 0.3) is 10.2 Å². The van der Waals surface area contributed by atoms with Gasteiger partial charge in [0, 0.05) is 32.7 Å². The van der Waals surface area contributed by atoms with E-state index in [0.29, 0.717) is 13.1 Å². The van der Waals surface area contributed by atoms with Gasteiger partial charge in [0.2, 0.25) is 0 Å². The SMILES string of the molecule is COC(=O)CCN(CC(F)(F)F)S(=O)(=O)N1CCNCC1. The standard InChI is InChI=1S/C10H18F3N3O4S/c1-20-9(17)2-5-16(8-10(11,12)13)21(18,19)15-6-3-14-4-7-15/h14H,2-8H2,1H3. The molecule has 0 atom stereocenters. The molecule has 1 N–H and O–H groups in total. The molecule has 1 saturated heterocycles. The van der Waals surface area contributed by atoms with Gasteiger partial charge in [-0.15, -0.1) is 0 Å². The van der Waals surface area contributed by atoms with E-state index in [-0.39, 0.29) is 17.4 Å². The number of nitrogens with zero attached hydrogens (tertiary/aromatic N) is 2. The summed E-state index contributed by atoms with van der Waals surface area (Å²) in [4.78, 5) is 11.0. The summed E-state index contributed by atoms with van der Waals surface area (Å²) >= 11 is 0. The maximum Gasteiger partial charge on any atom is 0.402 e. The third kappa shape index (κ3) is 5.77. The molecule has 1 rings (SSSR count). The van der Waals surface area contributed by atoms with Crippen LogP contribution in [0.15, 0.2) is 0 Å². The Bertz CT molecular complexity index is 449. The lowest BCUT2D eigenvalue weighted by Crippen LogP contribution is -2.53. The van der Waals surface area contributed by atoms with E-state index in [1.165, 1.54) is 0 Å². The van der Waals surface area contributed by atoms with E-state index in [1.54, 1.807) is 0 Å². The number of hydrogen-bond donors (Lipinski definition) is 1. The number of carbonyl (C=O) groups is 1. The Balaban J connectivity index is 2.84. The summed E-state index contributed by atoms with van der Waals surface area (Å²) in [5.74, 6) is -0.766. The summed E-state index contributed by atoms with van der Waals surface area (Å²) in [6, 6.07) is 0. The molecule has 0 amide bonds. The highest BCUT2D eigenvalue weighted by molar-refractivity contribution is 7.86. The van der Waals surface area contributed by atoms with Crippen LogP contribution in [0.3, 0.4) is 0 Å². The van der Waals surface area contributed by atoms with Crippen LogP contribution in [0.2, 0.25) is 0 Å². The van der Waals surface area contributed by atoms with Gasteiger partial charge in [-0.3, -0.25) is 4.79 Å². The van der Waals surface area contributed by atoms with E-state index in [0.717, 1.165) is 11.4 Å². The molecule has 0 spiro atoms. The van der Waals surface area contributed by atoms with Crippen molar-refractivity contribution in [3.63, 3.8) is 0 Å². The zero-order chi connectivity index (χ0) is 16.1. The molecule has 0 radical (unpaired) electrons. The normalized spacial score (nSPS) is 18.0. The second-order valence-corrected chi connectivity index (χ2v) is 6.36. The maximum absolute atomic E-state index is 12.6. The zero-order valence-corrected chi connectivity index (χ0v) is 12.3. The van der Waals surface area contributed by atoms with Crippen LogP contribution in [-0.2, 0) is 19.7 Å². The second-order valence-electron chi connectivity index (χ2n) is 4.43. The van der Waals surface area contributed by atoms with Crippen LogP contribution >= 0.6 is 0 Å². The molecule has 1 aliphatic rings. The predicted molar refractivity (Wildman–Crippen MR) is 67.6 cm³/mol. The Morgan fingerprint density at radius 2 is 1.90 bits per heavy atom. The van der Waals surface area contributed by atoms with Gasteiger partial charge in [-0.1, -0.05) is 0 Å². The fourth-order valence-electron chi connectivity index (χ4n) is 1.83. The fraction of sp³-hybridized carbons (Fsp3) is 0.900. The molecule has 1 heterocycles. The van der Waals surface area contributed by atoms with Gasteiger partial charge in [-0.25, -0.2) is 0 Å². The minimum Gasteiger partial charge on any atom is -0.469 e. The number of esters is 1. The highest BCUT2D eigenvalue weighted by Gasteiger charge is 2.39. The molecule has 21 heavy (non-hydrogen) atoms. The van der Waals surface area contributed by atoms with E-state index in [2.05, 4.69) is 10.1 Å². The zero-order valence-electron chi connectivity index (χ0n) is 11.5. The summed E-state index contributed by atoms with van der Waals surface area (Å²) in [6.07, 6.45) is -5.12. The van der Waals surface area contributed by atoms with Gasteiger partial charge in [0.05, 0.1) is 13.5 Å². The Hall–Kier alpha value is -0.910. The lowest BCUT2D eigenvalue weighted by Gasteiger charge is -2.32. The third-order valence-corrected chi connectivity index (χ3v) is 4.86. The number of halogens is 3. The minimum atomic E-state index is -4.68. The van der Waals surface area contributed by atoms with Gasteiger partial charge < -0.3 is 10.1 Å². The van der Waals surface area contributed by atoms with Crippen LogP contribution in [0, 0.1) is 0 Å². The number of alkyl halides is 3. The molecule has 1 fully saturated rings. The minimum absolute atomic E-state index is 0.0922. The molecule has 7 nitrogen and oxygen atoms in total. The van der Waals surface area contributed by atoms with E-state index in [9.17, 15) is 26.4 Å². The molecule has 0 bridgehead atoms. The molecule has 0 aliphatic carbocycles. The van der Waals surface area contributed by atoms with Crippen LogP contribution in [-0.4, -0.2) is 75.6 Å². The van der Waals surface area contributed by atoms with Crippen LogP contribution in [0.1, 0.15) is 6.42 Å². The third-order valence-electron chi connectivity index (χ3n) is 2.88. The van der Waals surface area contributed by atoms with Gasteiger partial charge in [0.1, 0.15) is 6.54 Å². The summed E-state index contributed by atoms with van der Waals surface area (Å²) in [5.41, 5.74) is 0. The van der Waals surface area contributed by atoms with Crippen LogP contribution < -0.4 is 5.32 Å². The van der Waals surface area contributed by atoms with E-state index < -0.39 is 41.9 Å². The topological polar surface area (TPSA) is 79.0 Å². The fourth-order valence-corrected chi connectivity index (χ4v) is 3.43. The number of carbonyl (C=O) groups excluding carboxylic acids is 1. The molecule has 11 heteroatoms. The first-order valence-corrected chi connectivity index (χ1v) is 7.66. The van der Waals surface area contributed by atoms with Crippen molar-refractivity contribution < 1.29 is 31.1 Å². The maximum atomic E-state index is 12.6. The first-order chi connectivity index (χ1) is 9.66. The lowest BCUT2D eigenvalue weighted by atomic mass is 10.4. The molecular weight excluding hydrogens is 315 g/mol. The first kappa shape index (κ1) is 18.1. The molecule has 0 unspecified atom stereocenters. The van der Waals surface area contributed by atoms with E-state index in [1.807, 2.05) is 0 Å². The highest BCUT2D eigenvalue weighted by Crippen LogP contribution is 2.20. The van der Waals surface area contributed by atoms with Crippen LogP contribution in [0.25, 0.3) is 0 Å². The summed E-state index contributed by atoms with van der Waals surface area (Å²) in [6.45, 7) is -1.27. The van der Waals surface area contributed by atoms with Gasteiger partial charge in [-0.05, 0) is 0 Å². The van der Waals surface area contributed by atoms with Crippen LogP contribution in [0.5, 0.6) is 0 Å². The second kappa shape index (κ2) is 7.38. The number of methoxy groups -OCH3 is 1. The average molecular weight is 333 g/mol. The van der Waals surface area contributed by atoms with Gasteiger partial charge in [0.15, 0.2) is 0 Å². The Labute approximate surface area is 121 Å². The largest absolute Gasteiger partial charge is 0.469 e. The van der Waals surface area contributed by atoms with Crippen molar-refractivity contribution in [1.82, 2.24) is 13.9 Å². The molecular formula is C10H18F3N3O4S. The van der Waals surface area contributed by atoms with E-state index >= 15 is 0 Å². The molecule has 0 aromatic heterocycles. The molecule has 0 aromatic carbocycles. The molecule has 0 saturated carbocycles. The Morgan fingerprint density at radius 3 is 2.38 bits per heavy atom. The van der Waals surface area contributed by atoms with Gasteiger partial charge >= 0.3 is 12.1 Å². The van der Waals surface area contributed by atoms with Crippen molar-refractivity contribution in [2.75, 3.05) is 46.4 Å². The smallest absolute Gasteiger partial charge is 0.402 e. The number of hydrogen-bond acceptors (Lipinski definition) is 5.